The number of hydrogen-bond acceptors (Lipinski definition) is 4. The Bertz CT molecular complexity index is 726. The quantitative estimate of drug-likeness (QED) is 0.704. The predicted molar refractivity (Wildman–Crippen MR) is 114 cm³/mol. The first kappa shape index (κ1) is 22.2. The minimum absolute atomic E-state index is 0. The SMILES string of the molecule is Cc1ccc(C)c(OCC(O)CN2CCOC(c3ccc(Br)cc3)C2)c1.Cl. The highest BCUT2D eigenvalue weighted by molar-refractivity contribution is 9.10. The van der Waals surface area contributed by atoms with Crippen molar-refractivity contribution in [3.05, 3.63) is 63.6 Å². The van der Waals surface area contributed by atoms with Gasteiger partial charge in [0.05, 0.1) is 12.7 Å². The number of aliphatic hydroxyl groups is 1. The Morgan fingerprint density at radius 2 is 1.96 bits per heavy atom. The molecule has 1 aliphatic heterocycles. The number of halogens is 2. The van der Waals surface area contributed by atoms with Crippen LogP contribution in [0.2, 0.25) is 0 Å². The summed E-state index contributed by atoms with van der Waals surface area (Å²) in [4.78, 5) is 2.24. The molecule has 6 heteroatoms. The maximum Gasteiger partial charge on any atom is 0.122 e. The Morgan fingerprint density at radius 1 is 1.22 bits per heavy atom. The fourth-order valence-electron chi connectivity index (χ4n) is 3.15. The van der Waals surface area contributed by atoms with Crippen LogP contribution in [0.15, 0.2) is 46.9 Å². The molecule has 3 rings (SSSR count). The van der Waals surface area contributed by atoms with Crippen LogP contribution in [0.1, 0.15) is 22.8 Å². The van der Waals surface area contributed by atoms with E-state index < -0.39 is 6.10 Å². The molecule has 0 saturated carbocycles. The summed E-state index contributed by atoms with van der Waals surface area (Å²) < 4.78 is 12.8. The fraction of sp³-hybridized carbons (Fsp3) is 0.429. The highest BCUT2D eigenvalue weighted by Gasteiger charge is 2.23. The third kappa shape index (κ3) is 6.47. The average Bonchev–Trinajstić information content (AvgIpc) is 2.63. The van der Waals surface area contributed by atoms with Crippen LogP contribution >= 0.6 is 28.3 Å². The number of ether oxygens (including phenoxy) is 2. The number of benzene rings is 2. The fourth-order valence-corrected chi connectivity index (χ4v) is 3.41. The zero-order valence-electron chi connectivity index (χ0n) is 15.7. The first-order valence-corrected chi connectivity index (χ1v) is 9.78. The standard InChI is InChI=1S/C21H26BrNO3.ClH/c1-15-3-4-16(2)20(11-15)26-14-19(24)12-23-9-10-25-21(13-23)17-5-7-18(22)8-6-17;/h3-8,11,19,21,24H,9-10,12-14H2,1-2H3;1H. The number of rotatable bonds is 6. The van der Waals surface area contributed by atoms with E-state index in [0.717, 1.165) is 34.4 Å². The molecule has 27 heavy (non-hydrogen) atoms. The summed E-state index contributed by atoms with van der Waals surface area (Å²) >= 11 is 3.46. The van der Waals surface area contributed by atoms with E-state index in [9.17, 15) is 5.11 Å². The minimum atomic E-state index is -0.529. The average molecular weight is 457 g/mol. The van der Waals surface area contributed by atoms with Crippen molar-refractivity contribution in [2.45, 2.75) is 26.1 Å². The summed E-state index contributed by atoms with van der Waals surface area (Å²) in [6, 6.07) is 14.3. The molecule has 148 valence electrons. The van der Waals surface area contributed by atoms with E-state index in [0.29, 0.717) is 19.8 Å². The minimum Gasteiger partial charge on any atom is -0.491 e. The van der Waals surface area contributed by atoms with E-state index in [-0.39, 0.29) is 18.5 Å². The summed E-state index contributed by atoms with van der Waals surface area (Å²) in [6.45, 7) is 7.22. The lowest BCUT2D eigenvalue weighted by Crippen LogP contribution is -2.43. The van der Waals surface area contributed by atoms with Gasteiger partial charge in [-0.05, 0) is 48.7 Å². The van der Waals surface area contributed by atoms with Gasteiger partial charge in [-0.25, -0.2) is 0 Å². The summed E-state index contributed by atoms with van der Waals surface area (Å²) in [5, 5.41) is 10.4. The van der Waals surface area contributed by atoms with Crippen LogP contribution in [0, 0.1) is 13.8 Å². The maximum absolute atomic E-state index is 10.4. The monoisotopic (exact) mass is 455 g/mol. The Morgan fingerprint density at radius 3 is 2.70 bits per heavy atom. The number of nitrogens with zero attached hydrogens (tertiary/aromatic N) is 1. The smallest absolute Gasteiger partial charge is 0.122 e. The van der Waals surface area contributed by atoms with Gasteiger partial charge in [0, 0.05) is 24.1 Å². The Labute approximate surface area is 176 Å². The van der Waals surface area contributed by atoms with Gasteiger partial charge in [0.15, 0.2) is 0 Å². The second kappa shape index (κ2) is 10.4. The summed E-state index contributed by atoms with van der Waals surface area (Å²) in [5.74, 6) is 0.846. The van der Waals surface area contributed by atoms with Crippen LogP contribution in [-0.2, 0) is 4.74 Å². The number of hydrogen-bond donors (Lipinski definition) is 1. The molecular formula is C21H27BrClNO3. The van der Waals surface area contributed by atoms with Crippen LogP contribution < -0.4 is 4.74 Å². The van der Waals surface area contributed by atoms with Crippen molar-refractivity contribution in [2.24, 2.45) is 0 Å². The molecule has 0 spiro atoms. The van der Waals surface area contributed by atoms with Crippen LogP contribution in [0.4, 0.5) is 0 Å². The van der Waals surface area contributed by atoms with Crippen molar-refractivity contribution in [1.29, 1.82) is 0 Å². The summed E-state index contributed by atoms with van der Waals surface area (Å²) in [5.41, 5.74) is 3.41. The van der Waals surface area contributed by atoms with Crippen LogP contribution in [-0.4, -0.2) is 49.0 Å². The molecular weight excluding hydrogens is 430 g/mol. The van der Waals surface area contributed by atoms with Gasteiger partial charge in [-0.1, -0.05) is 40.2 Å². The van der Waals surface area contributed by atoms with Gasteiger partial charge in [-0.2, -0.15) is 0 Å². The lowest BCUT2D eigenvalue weighted by molar-refractivity contribution is -0.0459. The normalized spacial score (nSPS) is 18.6. The van der Waals surface area contributed by atoms with E-state index in [2.05, 4.69) is 39.0 Å². The molecule has 2 atom stereocenters. The maximum atomic E-state index is 10.4. The van der Waals surface area contributed by atoms with Gasteiger partial charge in [0.25, 0.3) is 0 Å². The van der Waals surface area contributed by atoms with Crippen molar-refractivity contribution in [3.8, 4) is 5.75 Å². The third-order valence-electron chi connectivity index (χ3n) is 4.64. The number of aliphatic hydroxyl groups excluding tert-OH is 1. The van der Waals surface area contributed by atoms with Gasteiger partial charge < -0.3 is 14.6 Å². The second-order valence-corrected chi connectivity index (χ2v) is 7.82. The molecule has 1 aliphatic rings. The molecule has 2 unspecified atom stereocenters. The Hall–Kier alpha value is -1.11. The lowest BCUT2D eigenvalue weighted by Gasteiger charge is -2.34. The van der Waals surface area contributed by atoms with Crippen molar-refractivity contribution in [1.82, 2.24) is 4.90 Å². The molecule has 0 bridgehead atoms. The van der Waals surface area contributed by atoms with Gasteiger partial charge in [-0.3, -0.25) is 4.90 Å². The van der Waals surface area contributed by atoms with Gasteiger partial charge in [0.2, 0.25) is 0 Å². The molecule has 4 nitrogen and oxygen atoms in total. The molecule has 1 N–H and O–H groups in total. The molecule has 2 aromatic carbocycles. The molecule has 0 amide bonds. The highest BCUT2D eigenvalue weighted by Crippen LogP contribution is 2.24. The van der Waals surface area contributed by atoms with Crippen LogP contribution in [0.5, 0.6) is 5.75 Å². The molecule has 1 heterocycles. The Kier molecular flexibility index (Phi) is 8.58. The van der Waals surface area contributed by atoms with Crippen molar-refractivity contribution < 1.29 is 14.6 Å². The molecule has 0 radical (unpaired) electrons. The lowest BCUT2D eigenvalue weighted by atomic mass is 10.1. The van der Waals surface area contributed by atoms with Crippen molar-refractivity contribution in [2.75, 3.05) is 32.8 Å². The second-order valence-electron chi connectivity index (χ2n) is 6.90. The molecule has 1 saturated heterocycles. The Balaban J connectivity index is 0.00000261. The molecule has 1 fully saturated rings. The van der Waals surface area contributed by atoms with Crippen molar-refractivity contribution >= 4 is 28.3 Å². The number of β-amino-alcohol motifs (C(OH)–C–C–N with tert-alkyl or cyclic N) is 1. The van der Waals surface area contributed by atoms with Crippen LogP contribution in [0.25, 0.3) is 0 Å². The first-order chi connectivity index (χ1) is 12.5. The number of morpholine rings is 1. The van der Waals surface area contributed by atoms with Gasteiger partial charge >= 0.3 is 0 Å². The van der Waals surface area contributed by atoms with Crippen LogP contribution in [0.3, 0.4) is 0 Å². The third-order valence-corrected chi connectivity index (χ3v) is 5.16. The predicted octanol–water partition coefficient (Wildman–Crippen LogP) is 4.30. The topological polar surface area (TPSA) is 41.9 Å². The van der Waals surface area contributed by atoms with E-state index in [1.54, 1.807) is 0 Å². The summed E-state index contributed by atoms with van der Waals surface area (Å²) in [7, 11) is 0. The molecule has 0 aromatic heterocycles. The first-order valence-electron chi connectivity index (χ1n) is 8.99. The van der Waals surface area contributed by atoms with E-state index in [4.69, 9.17) is 9.47 Å². The molecule has 0 aliphatic carbocycles. The zero-order valence-corrected chi connectivity index (χ0v) is 18.1. The molecule has 2 aromatic rings. The summed E-state index contributed by atoms with van der Waals surface area (Å²) in [6.07, 6.45) is -0.484. The van der Waals surface area contributed by atoms with E-state index in [1.807, 2.05) is 38.1 Å². The van der Waals surface area contributed by atoms with Crippen molar-refractivity contribution in [3.63, 3.8) is 0 Å². The van der Waals surface area contributed by atoms with E-state index in [1.165, 1.54) is 5.56 Å². The number of aryl methyl sites for hydroxylation is 2. The zero-order chi connectivity index (χ0) is 18.5. The van der Waals surface area contributed by atoms with Gasteiger partial charge in [0.1, 0.15) is 18.5 Å². The van der Waals surface area contributed by atoms with E-state index >= 15 is 0 Å². The largest absolute Gasteiger partial charge is 0.491 e. The highest BCUT2D eigenvalue weighted by atomic mass is 79.9. The van der Waals surface area contributed by atoms with Gasteiger partial charge in [-0.15, -0.1) is 12.4 Å².